The van der Waals surface area contributed by atoms with Crippen molar-refractivity contribution in [1.82, 2.24) is 0 Å². The van der Waals surface area contributed by atoms with Crippen LogP contribution in [0.15, 0.2) is 60.7 Å². The minimum atomic E-state index is -0.457. The molecule has 0 amide bonds. The van der Waals surface area contributed by atoms with Crippen molar-refractivity contribution < 1.29 is 14.5 Å². The zero-order chi connectivity index (χ0) is 11.5. The van der Waals surface area contributed by atoms with Gasteiger partial charge in [0, 0.05) is 11.1 Å². The Kier molecular flexibility index (Phi) is 2.88. The lowest BCUT2D eigenvalue weighted by atomic mass is 10.2. The minimum absolute atomic E-state index is 0.457. The fraction of sp³-hybridized carbons (Fsp3) is 0.143. The third kappa shape index (κ3) is 2.22. The summed E-state index contributed by atoms with van der Waals surface area (Å²) in [5.41, 5.74) is 1.90. The summed E-state index contributed by atoms with van der Waals surface area (Å²) in [6, 6.07) is 19.5. The summed E-state index contributed by atoms with van der Waals surface area (Å²) >= 11 is 0. The zero-order valence-electron chi connectivity index (χ0n) is 9.15. The topological polar surface area (TPSA) is 27.7 Å². The van der Waals surface area contributed by atoms with E-state index in [0.29, 0.717) is 0 Å². The molecule has 1 heterocycles. The van der Waals surface area contributed by atoms with E-state index in [1.54, 1.807) is 0 Å². The quantitative estimate of drug-likeness (QED) is 0.737. The van der Waals surface area contributed by atoms with Gasteiger partial charge in [-0.1, -0.05) is 60.7 Å². The Labute approximate surface area is 99.5 Å². The molecule has 0 spiro atoms. The van der Waals surface area contributed by atoms with Gasteiger partial charge in [-0.2, -0.15) is 9.78 Å². The van der Waals surface area contributed by atoms with Crippen molar-refractivity contribution in [2.75, 3.05) is 0 Å². The highest BCUT2D eigenvalue weighted by molar-refractivity contribution is 5.18. The van der Waals surface area contributed by atoms with Crippen LogP contribution in [0.5, 0.6) is 0 Å². The Morgan fingerprint density at radius 2 is 1.00 bits per heavy atom. The van der Waals surface area contributed by atoms with Crippen LogP contribution in [-0.4, -0.2) is 0 Å². The summed E-state index contributed by atoms with van der Waals surface area (Å²) in [5.74, 6) is 0. The van der Waals surface area contributed by atoms with E-state index in [1.165, 1.54) is 0 Å². The van der Waals surface area contributed by atoms with Crippen LogP contribution in [0.4, 0.5) is 0 Å². The molecular weight excluding hydrogens is 216 g/mol. The van der Waals surface area contributed by atoms with Crippen molar-refractivity contribution in [2.45, 2.75) is 12.6 Å². The molecule has 1 aliphatic rings. The van der Waals surface area contributed by atoms with E-state index < -0.39 is 12.6 Å². The Morgan fingerprint density at radius 1 is 0.588 bits per heavy atom. The normalized spacial score (nSPS) is 23.8. The van der Waals surface area contributed by atoms with Crippen molar-refractivity contribution in [3.8, 4) is 0 Å². The van der Waals surface area contributed by atoms with Crippen LogP contribution in [0.2, 0.25) is 0 Å². The summed E-state index contributed by atoms with van der Waals surface area (Å²) < 4.78 is 5.69. The first-order chi connectivity index (χ1) is 8.43. The summed E-state index contributed by atoms with van der Waals surface area (Å²) in [7, 11) is 0. The molecule has 1 aliphatic heterocycles. The smallest absolute Gasteiger partial charge is 0.220 e. The van der Waals surface area contributed by atoms with Crippen LogP contribution in [0.1, 0.15) is 23.7 Å². The number of benzene rings is 2. The largest absolute Gasteiger partial charge is 0.309 e. The van der Waals surface area contributed by atoms with Gasteiger partial charge >= 0.3 is 0 Å². The van der Waals surface area contributed by atoms with Gasteiger partial charge in [0.1, 0.15) is 0 Å². The van der Waals surface area contributed by atoms with Crippen molar-refractivity contribution >= 4 is 0 Å². The number of hydrogen-bond donors (Lipinski definition) is 0. The molecule has 3 heteroatoms. The van der Waals surface area contributed by atoms with Gasteiger partial charge in [0.15, 0.2) is 0 Å². The van der Waals surface area contributed by atoms with Gasteiger partial charge in [-0.25, -0.2) is 0 Å². The SMILES string of the molecule is c1ccc([C@H]2OO[C@H](c3ccccc3)O2)cc1. The first kappa shape index (κ1) is 10.5. The van der Waals surface area contributed by atoms with Crippen LogP contribution in [-0.2, 0) is 14.5 Å². The van der Waals surface area contributed by atoms with Crippen LogP contribution in [0, 0.1) is 0 Å². The molecule has 1 saturated heterocycles. The van der Waals surface area contributed by atoms with E-state index >= 15 is 0 Å². The van der Waals surface area contributed by atoms with Gasteiger partial charge in [-0.3, -0.25) is 0 Å². The molecule has 1 fully saturated rings. The summed E-state index contributed by atoms with van der Waals surface area (Å²) in [4.78, 5) is 10.4. The van der Waals surface area contributed by atoms with E-state index in [1.807, 2.05) is 60.7 Å². The lowest BCUT2D eigenvalue weighted by molar-refractivity contribution is -0.300. The maximum atomic E-state index is 5.69. The second-order valence-corrected chi connectivity index (χ2v) is 3.81. The predicted molar refractivity (Wildman–Crippen MR) is 61.6 cm³/mol. The van der Waals surface area contributed by atoms with Gasteiger partial charge in [0.25, 0.3) is 0 Å². The first-order valence-electron chi connectivity index (χ1n) is 5.51. The standard InChI is InChI=1S/C14H12O3/c1-3-7-11(8-4-1)13-15-14(17-16-13)12-9-5-2-6-10-12/h1-10,13-14H/t13-,14-/m1/s1. The van der Waals surface area contributed by atoms with Crippen molar-refractivity contribution in [3.05, 3.63) is 71.8 Å². The molecule has 17 heavy (non-hydrogen) atoms. The first-order valence-corrected chi connectivity index (χ1v) is 5.51. The zero-order valence-corrected chi connectivity index (χ0v) is 9.15. The van der Waals surface area contributed by atoms with Crippen LogP contribution in [0.25, 0.3) is 0 Å². The average Bonchev–Trinajstić information content (AvgIpc) is 2.90. The number of rotatable bonds is 2. The van der Waals surface area contributed by atoms with Crippen LogP contribution < -0.4 is 0 Å². The van der Waals surface area contributed by atoms with Gasteiger partial charge in [-0.15, -0.1) is 0 Å². The van der Waals surface area contributed by atoms with E-state index in [-0.39, 0.29) is 0 Å². The Morgan fingerprint density at radius 3 is 1.41 bits per heavy atom. The summed E-state index contributed by atoms with van der Waals surface area (Å²) in [6.07, 6.45) is -0.914. The Bertz CT molecular complexity index is 424. The van der Waals surface area contributed by atoms with Crippen LogP contribution >= 0.6 is 0 Å². The summed E-state index contributed by atoms with van der Waals surface area (Å²) in [5, 5.41) is 0. The summed E-state index contributed by atoms with van der Waals surface area (Å²) in [6.45, 7) is 0. The molecule has 3 nitrogen and oxygen atoms in total. The van der Waals surface area contributed by atoms with Crippen molar-refractivity contribution in [2.24, 2.45) is 0 Å². The van der Waals surface area contributed by atoms with Crippen molar-refractivity contribution in [1.29, 1.82) is 0 Å². The molecular formula is C14H12O3. The van der Waals surface area contributed by atoms with Gasteiger partial charge in [0.05, 0.1) is 0 Å². The minimum Gasteiger partial charge on any atom is -0.309 e. The molecule has 0 bridgehead atoms. The van der Waals surface area contributed by atoms with Crippen LogP contribution in [0.3, 0.4) is 0 Å². The highest BCUT2D eigenvalue weighted by Crippen LogP contribution is 2.35. The Hall–Kier alpha value is -1.68. The van der Waals surface area contributed by atoms with E-state index in [4.69, 9.17) is 14.5 Å². The molecule has 0 N–H and O–H groups in total. The fourth-order valence-electron chi connectivity index (χ4n) is 1.75. The molecule has 0 unspecified atom stereocenters. The second-order valence-electron chi connectivity index (χ2n) is 3.81. The molecule has 0 saturated carbocycles. The fourth-order valence-corrected chi connectivity index (χ4v) is 1.75. The molecule has 3 rings (SSSR count). The van der Waals surface area contributed by atoms with E-state index in [2.05, 4.69) is 0 Å². The lowest BCUT2D eigenvalue weighted by Gasteiger charge is -2.08. The maximum Gasteiger partial charge on any atom is 0.220 e. The molecule has 0 radical (unpaired) electrons. The number of ether oxygens (including phenoxy) is 1. The van der Waals surface area contributed by atoms with E-state index in [0.717, 1.165) is 11.1 Å². The monoisotopic (exact) mass is 228 g/mol. The lowest BCUT2D eigenvalue weighted by Crippen LogP contribution is -2.00. The molecule has 0 aliphatic carbocycles. The third-order valence-electron chi connectivity index (χ3n) is 2.62. The highest BCUT2D eigenvalue weighted by Gasteiger charge is 2.30. The number of hydrogen-bond acceptors (Lipinski definition) is 3. The molecule has 0 aromatic heterocycles. The Balaban J connectivity index is 1.75. The van der Waals surface area contributed by atoms with E-state index in [9.17, 15) is 0 Å². The van der Waals surface area contributed by atoms with Gasteiger partial charge in [-0.05, 0) is 0 Å². The predicted octanol–water partition coefficient (Wildman–Crippen LogP) is 3.36. The average molecular weight is 228 g/mol. The highest BCUT2D eigenvalue weighted by atomic mass is 17.3. The van der Waals surface area contributed by atoms with Crippen molar-refractivity contribution in [3.63, 3.8) is 0 Å². The molecule has 2 aromatic rings. The molecule has 2 aromatic carbocycles. The van der Waals surface area contributed by atoms with Gasteiger partial charge < -0.3 is 4.74 Å². The molecule has 2 atom stereocenters. The van der Waals surface area contributed by atoms with Gasteiger partial charge in [0.2, 0.25) is 12.6 Å². The maximum absolute atomic E-state index is 5.69. The second kappa shape index (κ2) is 4.67. The third-order valence-corrected chi connectivity index (χ3v) is 2.62. The molecule has 86 valence electrons.